The Labute approximate surface area is 114 Å². The fourth-order valence-corrected chi connectivity index (χ4v) is 1.82. The van der Waals surface area contributed by atoms with Crippen LogP contribution in [0.4, 0.5) is 11.4 Å². The fraction of sp³-hybridized carbons (Fsp3) is 0.250. The van der Waals surface area contributed by atoms with Crippen molar-refractivity contribution in [3.05, 3.63) is 48.5 Å². The molecule has 2 aromatic carbocycles. The Kier molecular flexibility index (Phi) is 4.67. The van der Waals surface area contributed by atoms with Gasteiger partial charge in [-0.25, -0.2) is 0 Å². The van der Waals surface area contributed by atoms with Gasteiger partial charge < -0.3 is 14.8 Å². The summed E-state index contributed by atoms with van der Waals surface area (Å²) in [4.78, 5) is 0. The Morgan fingerprint density at radius 1 is 0.789 bits per heavy atom. The number of anilines is 2. The van der Waals surface area contributed by atoms with Crippen LogP contribution in [0.1, 0.15) is 13.8 Å². The SMILES string of the molecule is CCOc1ccc(Nc2ccccc2)cc1OCC. The molecule has 0 heterocycles. The first-order chi connectivity index (χ1) is 9.33. The number of hydrogen-bond acceptors (Lipinski definition) is 3. The highest BCUT2D eigenvalue weighted by Crippen LogP contribution is 2.31. The Morgan fingerprint density at radius 2 is 1.47 bits per heavy atom. The lowest BCUT2D eigenvalue weighted by Crippen LogP contribution is -1.99. The highest BCUT2D eigenvalue weighted by Gasteiger charge is 2.06. The van der Waals surface area contributed by atoms with E-state index in [2.05, 4.69) is 5.32 Å². The normalized spacial score (nSPS) is 10.0. The van der Waals surface area contributed by atoms with Crippen molar-refractivity contribution in [2.45, 2.75) is 13.8 Å². The molecular formula is C16H19NO2. The van der Waals surface area contributed by atoms with Crippen LogP contribution in [0, 0.1) is 0 Å². The van der Waals surface area contributed by atoms with Crippen molar-refractivity contribution in [2.75, 3.05) is 18.5 Å². The van der Waals surface area contributed by atoms with E-state index >= 15 is 0 Å². The predicted molar refractivity (Wildman–Crippen MR) is 78.5 cm³/mol. The minimum Gasteiger partial charge on any atom is -0.490 e. The molecule has 0 bridgehead atoms. The van der Waals surface area contributed by atoms with Crippen molar-refractivity contribution >= 4 is 11.4 Å². The molecule has 0 unspecified atom stereocenters. The minimum absolute atomic E-state index is 0.620. The standard InChI is InChI=1S/C16H19NO2/c1-3-18-15-11-10-14(12-16(15)19-4-2)17-13-8-6-5-7-9-13/h5-12,17H,3-4H2,1-2H3. The van der Waals surface area contributed by atoms with Gasteiger partial charge in [0.15, 0.2) is 11.5 Å². The van der Waals surface area contributed by atoms with Gasteiger partial charge in [0, 0.05) is 17.4 Å². The molecule has 0 amide bonds. The molecule has 2 aromatic rings. The molecule has 0 atom stereocenters. The molecule has 1 N–H and O–H groups in total. The van der Waals surface area contributed by atoms with Crippen LogP contribution >= 0.6 is 0 Å². The average molecular weight is 257 g/mol. The maximum Gasteiger partial charge on any atom is 0.163 e. The van der Waals surface area contributed by atoms with Gasteiger partial charge in [-0.05, 0) is 38.1 Å². The summed E-state index contributed by atoms with van der Waals surface area (Å²) < 4.78 is 11.1. The van der Waals surface area contributed by atoms with Crippen molar-refractivity contribution in [1.29, 1.82) is 0 Å². The second kappa shape index (κ2) is 6.69. The molecule has 0 saturated heterocycles. The third kappa shape index (κ3) is 3.65. The van der Waals surface area contributed by atoms with E-state index in [1.165, 1.54) is 0 Å². The van der Waals surface area contributed by atoms with Crippen molar-refractivity contribution < 1.29 is 9.47 Å². The molecule has 3 heteroatoms. The van der Waals surface area contributed by atoms with Crippen LogP contribution in [0.2, 0.25) is 0 Å². The summed E-state index contributed by atoms with van der Waals surface area (Å²) >= 11 is 0. The van der Waals surface area contributed by atoms with Gasteiger partial charge in [-0.15, -0.1) is 0 Å². The zero-order valence-electron chi connectivity index (χ0n) is 11.3. The summed E-state index contributed by atoms with van der Waals surface area (Å²) in [6.07, 6.45) is 0. The van der Waals surface area contributed by atoms with E-state index in [1.54, 1.807) is 0 Å². The quantitative estimate of drug-likeness (QED) is 0.840. The number of ether oxygens (including phenoxy) is 2. The lowest BCUT2D eigenvalue weighted by Gasteiger charge is -2.13. The van der Waals surface area contributed by atoms with Crippen LogP contribution in [0.5, 0.6) is 11.5 Å². The first-order valence-electron chi connectivity index (χ1n) is 6.55. The first kappa shape index (κ1) is 13.3. The summed E-state index contributed by atoms with van der Waals surface area (Å²) in [5.74, 6) is 1.55. The van der Waals surface area contributed by atoms with E-state index in [-0.39, 0.29) is 0 Å². The van der Waals surface area contributed by atoms with Gasteiger partial charge in [0.2, 0.25) is 0 Å². The van der Waals surface area contributed by atoms with Gasteiger partial charge in [-0.2, -0.15) is 0 Å². The monoisotopic (exact) mass is 257 g/mol. The maximum atomic E-state index is 5.60. The second-order valence-corrected chi connectivity index (χ2v) is 4.02. The predicted octanol–water partition coefficient (Wildman–Crippen LogP) is 4.23. The molecule has 0 spiro atoms. The van der Waals surface area contributed by atoms with Crippen molar-refractivity contribution in [1.82, 2.24) is 0 Å². The minimum atomic E-state index is 0.620. The Morgan fingerprint density at radius 3 is 2.16 bits per heavy atom. The largest absolute Gasteiger partial charge is 0.490 e. The Hall–Kier alpha value is -2.16. The fourth-order valence-electron chi connectivity index (χ4n) is 1.82. The molecule has 2 rings (SSSR count). The Balaban J connectivity index is 2.20. The van der Waals surface area contributed by atoms with Crippen molar-refractivity contribution in [2.24, 2.45) is 0 Å². The summed E-state index contributed by atoms with van der Waals surface area (Å²) in [5, 5.41) is 3.34. The lowest BCUT2D eigenvalue weighted by molar-refractivity contribution is 0.288. The average Bonchev–Trinajstić information content (AvgIpc) is 2.43. The summed E-state index contributed by atoms with van der Waals surface area (Å²) in [6, 6.07) is 15.9. The molecule has 0 radical (unpaired) electrons. The molecular weight excluding hydrogens is 238 g/mol. The molecule has 0 saturated carbocycles. The highest BCUT2D eigenvalue weighted by molar-refractivity contribution is 5.63. The maximum absolute atomic E-state index is 5.60. The van der Waals surface area contributed by atoms with Gasteiger partial charge in [0.1, 0.15) is 0 Å². The molecule has 0 aliphatic carbocycles. The van der Waals surface area contributed by atoms with E-state index in [4.69, 9.17) is 9.47 Å². The number of benzene rings is 2. The number of rotatable bonds is 6. The first-order valence-corrected chi connectivity index (χ1v) is 6.55. The van der Waals surface area contributed by atoms with Crippen LogP contribution in [-0.4, -0.2) is 13.2 Å². The van der Waals surface area contributed by atoms with Gasteiger partial charge in [0.25, 0.3) is 0 Å². The zero-order chi connectivity index (χ0) is 13.5. The van der Waals surface area contributed by atoms with Gasteiger partial charge in [-0.3, -0.25) is 0 Å². The van der Waals surface area contributed by atoms with Crippen molar-refractivity contribution in [3.63, 3.8) is 0 Å². The van der Waals surface area contributed by atoms with Gasteiger partial charge in [-0.1, -0.05) is 18.2 Å². The molecule has 19 heavy (non-hydrogen) atoms. The number of para-hydroxylation sites is 1. The molecule has 3 nitrogen and oxygen atoms in total. The van der Waals surface area contributed by atoms with Gasteiger partial charge >= 0.3 is 0 Å². The van der Waals surface area contributed by atoms with E-state index in [0.29, 0.717) is 13.2 Å². The van der Waals surface area contributed by atoms with Crippen LogP contribution in [-0.2, 0) is 0 Å². The summed E-state index contributed by atoms with van der Waals surface area (Å²) in [5.41, 5.74) is 2.03. The topological polar surface area (TPSA) is 30.5 Å². The van der Waals surface area contributed by atoms with Crippen molar-refractivity contribution in [3.8, 4) is 11.5 Å². The third-order valence-electron chi connectivity index (χ3n) is 2.61. The summed E-state index contributed by atoms with van der Waals surface area (Å²) in [6.45, 7) is 5.18. The highest BCUT2D eigenvalue weighted by atomic mass is 16.5. The second-order valence-electron chi connectivity index (χ2n) is 4.02. The number of hydrogen-bond donors (Lipinski definition) is 1. The molecule has 0 aliphatic rings. The van der Waals surface area contributed by atoms with E-state index < -0.39 is 0 Å². The molecule has 0 fully saturated rings. The number of nitrogens with one attached hydrogen (secondary N) is 1. The van der Waals surface area contributed by atoms with Crippen LogP contribution in [0.25, 0.3) is 0 Å². The van der Waals surface area contributed by atoms with Gasteiger partial charge in [0.05, 0.1) is 13.2 Å². The van der Waals surface area contributed by atoms with E-state index in [9.17, 15) is 0 Å². The van der Waals surface area contributed by atoms with Crippen LogP contribution < -0.4 is 14.8 Å². The molecule has 0 aromatic heterocycles. The third-order valence-corrected chi connectivity index (χ3v) is 2.61. The zero-order valence-corrected chi connectivity index (χ0v) is 11.3. The van der Waals surface area contributed by atoms with E-state index in [0.717, 1.165) is 22.9 Å². The van der Waals surface area contributed by atoms with E-state index in [1.807, 2.05) is 62.4 Å². The summed E-state index contributed by atoms with van der Waals surface area (Å²) in [7, 11) is 0. The van der Waals surface area contributed by atoms with Crippen LogP contribution in [0.15, 0.2) is 48.5 Å². The smallest absolute Gasteiger partial charge is 0.163 e. The lowest BCUT2D eigenvalue weighted by atomic mass is 10.2. The molecule has 100 valence electrons. The molecule has 0 aliphatic heterocycles. The Bertz CT molecular complexity index is 511. The van der Waals surface area contributed by atoms with Crippen LogP contribution in [0.3, 0.4) is 0 Å².